The third kappa shape index (κ3) is 4.48. The summed E-state index contributed by atoms with van der Waals surface area (Å²) in [5.74, 6) is 0.832. The van der Waals surface area contributed by atoms with E-state index in [4.69, 9.17) is 4.74 Å². The molecule has 0 bridgehead atoms. The fraction of sp³-hybridized carbons (Fsp3) is 0.333. The van der Waals surface area contributed by atoms with Gasteiger partial charge in [-0.1, -0.05) is 11.8 Å². The number of esters is 1. The van der Waals surface area contributed by atoms with Crippen LogP contribution in [0.4, 0.5) is 0 Å². The maximum atomic E-state index is 11.7. The topological polar surface area (TPSA) is 52.6 Å². The van der Waals surface area contributed by atoms with Crippen LogP contribution < -0.4 is 4.74 Å². The maximum absolute atomic E-state index is 11.7. The molecule has 0 heterocycles. The summed E-state index contributed by atoms with van der Waals surface area (Å²) in [6.07, 6.45) is 0.239. The molecule has 5 heteroatoms. The summed E-state index contributed by atoms with van der Waals surface area (Å²) in [5, 5.41) is -0.0587. The van der Waals surface area contributed by atoms with Gasteiger partial charge in [0.15, 0.2) is 0 Å². The lowest BCUT2D eigenvalue weighted by Gasteiger charge is -2.02. The molecule has 0 radical (unpaired) electrons. The van der Waals surface area contributed by atoms with Gasteiger partial charge in [-0.25, -0.2) is 0 Å². The quantitative estimate of drug-likeness (QED) is 0.753. The molecule has 1 aromatic carbocycles. The van der Waals surface area contributed by atoms with Crippen LogP contribution in [0, 0.1) is 0 Å². The van der Waals surface area contributed by atoms with Crippen molar-refractivity contribution in [2.75, 3.05) is 20.0 Å². The Bertz CT molecular complexity index is 386. The molecule has 1 aromatic rings. The van der Waals surface area contributed by atoms with Gasteiger partial charge in [-0.05, 0) is 24.3 Å². The zero-order valence-electron chi connectivity index (χ0n) is 9.76. The first-order valence-corrected chi connectivity index (χ1v) is 6.04. The molecule has 0 atom stereocenters. The third-order valence-corrected chi connectivity index (χ3v) is 3.00. The number of thioether (sulfide) groups is 1. The van der Waals surface area contributed by atoms with Crippen molar-refractivity contribution in [3.8, 4) is 5.75 Å². The van der Waals surface area contributed by atoms with E-state index in [2.05, 4.69) is 4.74 Å². The Morgan fingerprint density at radius 2 is 1.82 bits per heavy atom. The summed E-state index contributed by atoms with van der Waals surface area (Å²) < 4.78 is 9.48. The molecule has 1 rings (SSSR count). The number of carbonyl (C=O) groups is 2. The fourth-order valence-corrected chi connectivity index (χ4v) is 1.90. The fourth-order valence-electron chi connectivity index (χ4n) is 1.14. The monoisotopic (exact) mass is 254 g/mol. The van der Waals surface area contributed by atoms with E-state index < -0.39 is 0 Å². The molecule has 0 aromatic heterocycles. The predicted molar refractivity (Wildman–Crippen MR) is 66.4 cm³/mol. The summed E-state index contributed by atoms with van der Waals surface area (Å²) >= 11 is 1.11. The second kappa shape index (κ2) is 6.96. The lowest BCUT2D eigenvalue weighted by molar-refractivity contribution is -0.140. The van der Waals surface area contributed by atoms with E-state index >= 15 is 0 Å². The van der Waals surface area contributed by atoms with Gasteiger partial charge in [0, 0.05) is 11.3 Å². The lowest BCUT2D eigenvalue weighted by Crippen LogP contribution is -2.03. The minimum absolute atomic E-state index is 0.0587. The normalized spacial score (nSPS) is 9.76. The van der Waals surface area contributed by atoms with E-state index in [1.54, 1.807) is 31.4 Å². The van der Waals surface area contributed by atoms with Crippen LogP contribution in [0.1, 0.15) is 16.8 Å². The summed E-state index contributed by atoms with van der Waals surface area (Å²) in [5.41, 5.74) is 0.598. The van der Waals surface area contributed by atoms with Crippen molar-refractivity contribution in [3.63, 3.8) is 0 Å². The van der Waals surface area contributed by atoms with Gasteiger partial charge in [-0.2, -0.15) is 0 Å². The Balaban J connectivity index is 2.44. The van der Waals surface area contributed by atoms with Crippen LogP contribution in [-0.2, 0) is 9.53 Å². The smallest absolute Gasteiger partial charge is 0.306 e. The third-order valence-electron chi connectivity index (χ3n) is 2.09. The van der Waals surface area contributed by atoms with Gasteiger partial charge in [0.2, 0.25) is 5.12 Å². The lowest BCUT2D eigenvalue weighted by atomic mass is 10.2. The molecule has 0 saturated heterocycles. The van der Waals surface area contributed by atoms with E-state index in [0.29, 0.717) is 17.1 Å². The van der Waals surface area contributed by atoms with E-state index in [0.717, 1.165) is 11.8 Å². The van der Waals surface area contributed by atoms with Crippen molar-refractivity contribution in [3.05, 3.63) is 29.8 Å². The van der Waals surface area contributed by atoms with Crippen molar-refractivity contribution >= 4 is 22.8 Å². The van der Waals surface area contributed by atoms with Crippen LogP contribution >= 0.6 is 11.8 Å². The van der Waals surface area contributed by atoms with Gasteiger partial charge in [0.25, 0.3) is 0 Å². The van der Waals surface area contributed by atoms with Crippen molar-refractivity contribution < 1.29 is 19.1 Å². The first-order chi connectivity index (χ1) is 8.17. The maximum Gasteiger partial charge on any atom is 0.306 e. The zero-order chi connectivity index (χ0) is 12.7. The highest BCUT2D eigenvalue weighted by atomic mass is 32.2. The molecular weight excluding hydrogens is 240 g/mol. The Morgan fingerprint density at radius 3 is 2.35 bits per heavy atom. The molecule has 0 N–H and O–H groups in total. The van der Waals surface area contributed by atoms with Crippen molar-refractivity contribution in [2.24, 2.45) is 0 Å². The van der Waals surface area contributed by atoms with Crippen LogP contribution in [0.15, 0.2) is 24.3 Å². The molecule has 0 fully saturated rings. The van der Waals surface area contributed by atoms with Gasteiger partial charge in [-0.15, -0.1) is 0 Å². The van der Waals surface area contributed by atoms with E-state index in [9.17, 15) is 9.59 Å². The van der Waals surface area contributed by atoms with Gasteiger partial charge in [0.1, 0.15) is 5.75 Å². The van der Waals surface area contributed by atoms with E-state index in [1.165, 1.54) is 7.11 Å². The Labute approximate surface area is 104 Å². The van der Waals surface area contributed by atoms with Crippen molar-refractivity contribution in [2.45, 2.75) is 6.42 Å². The van der Waals surface area contributed by atoms with Crippen molar-refractivity contribution in [1.29, 1.82) is 0 Å². The van der Waals surface area contributed by atoms with E-state index in [-0.39, 0.29) is 17.5 Å². The summed E-state index contributed by atoms with van der Waals surface area (Å²) in [7, 11) is 2.90. The highest BCUT2D eigenvalue weighted by Gasteiger charge is 2.08. The SMILES string of the molecule is COC(=O)CCSC(=O)c1ccc(OC)cc1. The first kappa shape index (κ1) is 13.6. The number of hydrogen-bond donors (Lipinski definition) is 0. The Morgan fingerprint density at radius 1 is 1.18 bits per heavy atom. The highest BCUT2D eigenvalue weighted by molar-refractivity contribution is 8.14. The van der Waals surface area contributed by atoms with Crippen molar-refractivity contribution in [1.82, 2.24) is 0 Å². The molecule has 4 nitrogen and oxygen atoms in total. The zero-order valence-corrected chi connectivity index (χ0v) is 10.6. The number of carbonyl (C=O) groups excluding carboxylic acids is 2. The van der Waals surface area contributed by atoms with Gasteiger partial charge < -0.3 is 9.47 Å². The molecule has 0 amide bonds. The standard InChI is InChI=1S/C12H14O4S/c1-15-10-5-3-9(4-6-10)12(14)17-8-7-11(13)16-2/h3-6H,7-8H2,1-2H3. The second-order valence-electron chi connectivity index (χ2n) is 3.19. The highest BCUT2D eigenvalue weighted by Crippen LogP contribution is 2.17. The average molecular weight is 254 g/mol. The summed E-state index contributed by atoms with van der Waals surface area (Å²) in [6, 6.07) is 6.86. The molecule has 0 saturated carbocycles. The molecule has 0 unspecified atom stereocenters. The summed E-state index contributed by atoms with van der Waals surface area (Å²) in [6.45, 7) is 0. The van der Waals surface area contributed by atoms with Crippen LogP contribution in [0.2, 0.25) is 0 Å². The molecule has 0 spiro atoms. The Hall–Kier alpha value is -1.49. The molecule has 0 aliphatic carbocycles. The van der Waals surface area contributed by atoms with Gasteiger partial charge in [0.05, 0.1) is 20.6 Å². The largest absolute Gasteiger partial charge is 0.497 e. The van der Waals surface area contributed by atoms with Crippen LogP contribution in [0.25, 0.3) is 0 Å². The van der Waals surface area contributed by atoms with Crippen LogP contribution in [0.3, 0.4) is 0 Å². The number of hydrogen-bond acceptors (Lipinski definition) is 5. The van der Waals surface area contributed by atoms with E-state index in [1.807, 2.05) is 0 Å². The summed E-state index contributed by atoms with van der Waals surface area (Å²) in [4.78, 5) is 22.5. The minimum atomic E-state index is -0.306. The van der Waals surface area contributed by atoms with Gasteiger partial charge >= 0.3 is 5.97 Å². The number of benzene rings is 1. The molecule has 92 valence electrons. The number of methoxy groups -OCH3 is 2. The number of rotatable bonds is 5. The predicted octanol–water partition coefficient (Wildman–Crippen LogP) is 2.13. The number of ether oxygens (including phenoxy) is 2. The minimum Gasteiger partial charge on any atom is -0.497 e. The molecular formula is C12H14O4S. The Kier molecular flexibility index (Phi) is 5.56. The molecule has 17 heavy (non-hydrogen) atoms. The second-order valence-corrected chi connectivity index (χ2v) is 4.26. The molecule has 0 aliphatic rings. The average Bonchev–Trinajstić information content (AvgIpc) is 2.38. The van der Waals surface area contributed by atoms with Crippen LogP contribution in [0.5, 0.6) is 5.75 Å². The van der Waals surface area contributed by atoms with Gasteiger partial charge in [-0.3, -0.25) is 9.59 Å². The molecule has 0 aliphatic heterocycles. The first-order valence-electron chi connectivity index (χ1n) is 5.05. The van der Waals surface area contributed by atoms with Crippen LogP contribution in [-0.4, -0.2) is 31.1 Å².